The van der Waals surface area contributed by atoms with Crippen molar-refractivity contribution in [3.05, 3.63) is 54.0 Å². The minimum Gasteiger partial charge on any atom is -0.382 e. The Morgan fingerprint density at radius 3 is 2.25 bits per heavy atom. The van der Waals surface area contributed by atoms with Crippen molar-refractivity contribution in [3.63, 3.8) is 0 Å². The van der Waals surface area contributed by atoms with E-state index in [9.17, 15) is 9.59 Å². The van der Waals surface area contributed by atoms with E-state index in [0.29, 0.717) is 19.5 Å². The SMILES string of the molecule is CN(CCN(C)C(=O)c1nccnc1N)C(=O)CCC(C)(C)c1ccccc1. The zero-order chi connectivity index (χ0) is 20.7. The van der Waals surface area contributed by atoms with Gasteiger partial charge < -0.3 is 15.5 Å². The highest BCUT2D eigenvalue weighted by atomic mass is 16.2. The Hall–Kier alpha value is -2.96. The summed E-state index contributed by atoms with van der Waals surface area (Å²) in [5.41, 5.74) is 6.98. The molecule has 28 heavy (non-hydrogen) atoms. The van der Waals surface area contributed by atoms with Gasteiger partial charge in [-0.05, 0) is 17.4 Å². The number of anilines is 1. The van der Waals surface area contributed by atoms with E-state index in [4.69, 9.17) is 5.73 Å². The minimum absolute atomic E-state index is 0.0591. The summed E-state index contributed by atoms with van der Waals surface area (Å²) in [4.78, 5) is 35.9. The molecule has 1 aromatic heterocycles. The number of benzene rings is 1. The fourth-order valence-corrected chi connectivity index (χ4v) is 2.86. The van der Waals surface area contributed by atoms with Gasteiger partial charge in [0.2, 0.25) is 5.91 Å². The van der Waals surface area contributed by atoms with Crippen LogP contribution in [0.5, 0.6) is 0 Å². The van der Waals surface area contributed by atoms with E-state index in [1.807, 2.05) is 18.2 Å². The molecule has 7 heteroatoms. The largest absolute Gasteiger partial charge is 0.382 e. The van der Waals surface area contributed by atoms with Gasteiger partial charge in [0.05, 0.1) is 0 Å². The van der Waals surface area contributed by atoms with Crippen LogP contribution < -0.4 is 5.73 Å². The molecular weight excluding hydrogens is 354 g/mol. The molecule has 2 rings (SSSR count). The van der Waals surface area contributed by atoms with Crippen molar-refractivity contribution in [1.82, 2.24) is 19.8 Å². The fourth-order valence-electron chi connectivity index (χ4n) is 2.86. The molecule has 0 aliphatic rings. The second-order valence-electron chi connectivity index (χ2n) is 7.58. The quantitative estimate of drug-likeness (QED) is 0.755. The van der Waals surface area contributed by atoms with Crippen LogP contribution in [-0.4, -0.2) is 58.8 Å². The summed E-state index contributed by atoms with van der Waals surface area (Å²) in [7, 11) is 3.42. The number of carbonyl (C=O) groups excluding carboxylic acids is 2. The molecule has 2 N–H and O–H groups in total. The molecule has 0 unspecified atom stereocenters. The van der Waals surface area contributed by atoms with Crippen molar-refractivity contribution in [2.75, 3.05) is 32.9 Å². The van der Waals surface area contributed by atoms with Gasteiger partial charge in [0.25, 0.3) is 5.91 Å². The number of nitrogens with zero attached hydrogens (tertiary/aromatic N) is 4. The number of hydrogen-bond acceptors (Lipinski definition) is 5. The van der Waals surface area contributed by atoms with Crippen LogP contribution in [0.1, 0.15) is 42.7 Å². The van der Waals surface area contributed by atoms with Crippen LogP contribution in [0.15, 0.2) is 42.7 Å². The maximum Gasteiger partial charge on any atom is 0.276 e. The normalized spacial score (nSPS) is 11.1. The van der Waals surface area contributed by atoms with Gasteiger partial charge in [-0.15, -0.1) is 0 Å². The number of nitrogen functional groups attached to an aromatic ring is 1. The summed E-state index contributed by atoms with van der Waals surface area (Å²) in [5, 5.41) is 0. The number of carbonyl (C=O) groups is 2. The number of aromatic nitrogens is 2. The van der Waals surface area contributed by atoms with Crippen molar-refractivity contribution in [1.29, 1.82) is 0 Å². The van der Waals surface area contributed by atoms with Crippen LogP contribution >= 0.6 is 0 Å². The van der Waals surface area contributed by atoms with Crippen molar-refractivity contribution < 1.29 is 9.59 Å². The average Bonchev–Trinajstić information content (AvgIpc) is 2.70. The van der Waals surface area contributed by atoms with Gasteiger partial charge in [0, 0.05) is 46.0 Å². The summed E-state index contributed by atoms with van der Waals surface area (Å²) in [6, 6.07) is 10.2. The van der Waals surface area contributed by atoms with E-state index in [1.54, 1.807) is 19.0 Å². The highest BCUT2D eigenvalue weighted by molar-refractivity contribution is 5.96. The van der Waals surface area contributed by atoms with Crippen LogP contribution in [-0.2, 0) is 10.2 Å². The van der Waals surface area contributed by atoms with E-state index in [-0.39, 0.29) is 28.7 Å². The number of amides is 2. The molecule has 0 fully saturated rings. The van der Waals surface area contributed by atoms with Gasteiger partial charge in [-0.3, -0.25) is 9.59 Å². The molecule has 2 amide bonds. The van der Waals surface area contributed by atoms with Gasteiger partial charge in [-0.1, -0.05) is 44.2 Å². The molecule has 1 aromatic carbocycles. The third kappa shape index (κ3) is 5.52. The first-order chi connectivity index (χ1) is 13.2. The topological polar surface area (TPSA) is 92.4 Å². The Morgan fingerprint density at radius 1 is 1.00 bits per heavy atom. The molecule has 0 aliphatic heterocycles. The van der Waals surface area contributed by atoms with Crippen molar-refractivity contribution in [3.8, 4) is 0 Å². The molecule has 0 saturated heterocycles. The number of hydrogen-bond donors (Lipinski definition) is 1. The monoisotopic (exact) mass is 383 g/mol. The number of likely N-dealkylation sites (N-methyl/N-ethyl adjacent to an activating group) is 2. The smallest absolute Gasteiger partial charge is 0.276 e. The Bertz CT molecular complexity index is 807. The number of rotatable bonds is 8. The fraction of sp³-hybridized carbons (Fsp3) is 0.429. The second-order valence-corrected chi connectivity index (χ2v) is 7.58. The lowest BCUT2D eigenvalue weighted by atomic mass is 9.80. The summed E-state index contributed by atoms with van der Waals surface area (Å²) < 4.78 is 0. The Kier molecular flexibility index (Phi) is 7.09. The first-order valence-electron chi connectivity index (χ1n) is 9.34. The van der Waals surface area contributed by atoms with Crippen molar-refractivity contribution in [2.45, 2.75) is 32.1 Å². The number of nitrogens with two attached hydrogens (primary N) is 1. The lowest BCUT2D eigenvalue weighted by molar-refractivity contribution is -0.130. The van der Waals surface area contributed by atoms with Gasteiger partial charge >= 0.3 is 0 Å². The average molecular weight is 383 g/mol. The summed E-state index contributed by atoms with van der Waals surface area (Å²) in [6.45, 7) is 5.12. The highest BCUT2D eigenvalue weighted by Gasteiger charge is 2.23. The van der Waals surface area contributed by atoms with E-state index >= 15 is 0 Å². The van der Waals surface area contributed by atoms with Crippen molar-refractivity contribution >= 4 is 17.6 Å². The molecule has 0 spiro atoms. The third-order valence-electron chi connectivity index (χ3n) is 4.99. The third-order valence-corrected chi connectivity index (χ3v) is 4.99. The van der Waals surface area contributed by atoms with E-state index in [1.165, 1.54) is 22.9 Å². The van der Waals surface area contributed by atoms with Crippen LogP contribution in [0.2, 0.25) is 0 Å². The van der Waals surface area contributed by atoms with E-state index in [0.717, 1.165) is 6.42 Å². The first kappa shape index (κ1) is 21.3. The molecular formula is C21H29N5O2. The maximum absolute atomic E-state index is 12.5. The zero-order valence-corrected chi connectivity index (χ0v) is 17.1. The van der Waals surface area contributed by atoms with E-state index < -0.39 is 0 Å². The van der Waals surface area contributed by atoms with Gasteiger partial charge in [-0.25, -0.2) is 9.97 Å². The predicted octanol–water partition coefficient (Wildman–Crippen LogP) is 2.35. The summed E-state index contributed by atoms with van der Waals surface area (Å²) >= 11 is 0. The van der Waals surface area contributed by atoms with Crippen LogP contribution in [0.3, 0.4) is 0 Å². The molecule has 0 radical (unpaired) electrons. The molecule has 0 saturated carbocycles. The Morgan fingerprint density at radius 2 is 1.61 bits per heavy atom. The molecule has 7 nitrogen and oxygen atoms in total. The molecule has 1 heterocycles. The lowest BCUT2D eigenvalue weighted by Gasteiger charge is -2.27. The predicted molar refractivity (Wildman–Crippen MR) is 110 cm³/mol. The summed E-state index contributed by atoms with van der Waals surface area (Å²) in [6.07, 6.45) is 4.08. The Labute approximate surface area is 166 Å². The highest BCUT2D eigenvalue weighted by Crippen LogP contribution is 2.28. The van der Waals surface area contributed by atoms with Crippen LogP contribution in [0.4, 0.5) is 5.82 Å². The maximum atomic E-state index is 12.5. The molecule has 0 atom stereocenters. The second kappa shape index (κ2) is 9.30. The van der Waals surface area contributed by atoms with Crippen LogP contribution in [0.25, 0.3) is 0 Å². The van der Waals surface area contributed by atoms with Crippen molar-refractivity contribution in [2.24, 2.45) is 0 Å². The standard InChI is InChI=1S/C21H29N5O2/c1-21(2,16-8-6-5-7-9-16)11-10-17(27)25(3)14-15-26(4)20(28)18-19(22)24-13-12-23-18/h5-9,12-13H,10-11,14-15H2,1-4H3,(H2,22,24). The summed E-state index contributed by atoms with van der Waals surface area (Å²) in [5.74, 6) is -0.146. The Balaban J connectivity index is 1.84. The molecule has 150 valence electrons. The molecule has 0 bridgehead atoms. The van der Waals surface area contributed by atoms with E-state index in [2.05, 4.69) is 35.9 Å². The zero-order valence-electron chi connectivity index (χ0n) is 17.1. The van der Waals surface area contributed by atoms with Gasteiger partial charge in [-0.2, -0.15) is 0 Å². The van der Waals surface area contributed by atoms with Gasteiger partial charge in [0.15, 0.2) is 11.5 Å². The van der Waals surface area contributed by atoms with Gasteiger partial charge in [0.1, 0.15) is 0 Å². The minimum atomic E-state index is -0.309. The first-order valence-corrected chi connectivity index (χ1v) is 9.34. The molecule has 2 aromatic rings. The molecule has 0 aliphatic carbocycles. The van der Waals surface area contributed by atoms with Crippen LogP contribution in [0, 0.1) is 0 Å². The lowest BCUT2D eigenvalue weighted by Crippen LogP contribution is -2.38.